The van der Waals surface area contributed by atoms with Crippen molar-refractivity contribution in [1.29, 1.82) is 0 Å². The molecule has 0 bridgehead atoms. The van der Waals surface area contributed by atoms with Gasteiger partial charge in [0.05, 0.1) is 7.11 Å². The molecule has 1 aromatic rings. The number of nitrogens with zero attached hydrogens (tertiary/aromatic N) is 1. The fourth-order valence-corrected chi connectivity index (χ4v) is 4.43. The average molecular weight is 566 g/mol. The first-order valence-corrected chi connectivity index (χ1v) is 13.2. The van der Waals surface area contributed by atoms with Crippen molar-refractivity contribution in [3.63, 3.8) is 0 Å². The molecule has 0 aromatic heterocycles. The first-order chi connectivity index (χ1) is 18.9. The Kier molecular flexibility index (Phi) is 12.7. The number of hydrogen-bond acceptors (Lipinski definition) is 7. The molecule has 0 aliphatic carbocycles. The monoisotopic (exact) mass is 565 g/mol. The van der Waals surface area contributed by atoms with Gasteiger partial charge >= 0.3 is 11.9 Å². The highest BCUT2D eigenvalue weighted by atomic mass is 19.1. The minimum Gasteiger partial charge on any atom is -0.467 e. The van der Waals surface area contributed by atoms with Crippen LogP contribution in [0, 0.1) is 17.6 Å². The van der Waals surface area contributed by atoms with Gasteiger partial charge in [-0.2, -0.15) is 0 Å². The van der Waals surface area contributed by atoms with Crippen LogP contribution in [0.2, 0.25) is 0 Å². The Balaban J connectivity index is 2.18. The van der Waals surface area contributed by atoms with E-state index in [1.807, 2.05) is 13.8 Å². The first-order valence-electron chi connectivity index (χ1n) is 13.2. The Morgan fingerprint density at radius 1 is 1.10 bits per heavy atom. The number of methoxy groups -OCH3 is 1. The lowest BCUT2D eigenvalue weighted by atomic mass is 10.0. The van der Waals surface area contributed by atoms with E-state index < -0.39 is 60.1 Å². The summed E-state index contributed by atoms with van der Waals surface area (Å²) < 4.78 is 37.6. The number of halogens is 2. The number of carbonyl (C=O) groups is 5. The van der Waals surface area contributed by atoms with Crippen LogP contribution < -0.4 is 10.6 Å². The van der Waals surface area contributed by atoms with Gasteiger partial charge in [0.1, 0.15) is 30.3 Å². The Morgan fingerprint density at radius 3 is 2.38 bits per heavy atom. The molecule has 1 heterocycles. The van der Waals surface area contributed by atoms with Gasteiger partial charge in [-0.05, 0) is 49.0 Å². The highest BCUT2D eigenvalue weighted by molar-refractivity contribution is 5.94. The van der Waals surface area contributed by atoms with E-state index >= 15 is 0 Å². The molecule has 1 aliphatic rings. The third kappa shape index (κ3) is 10.0. The number of esters is 2. The SMILES string of the molecule is CCCC(C)/C=C/C(=O)N[C@@H](Cc1cc(F)cc(F)c1)C(=O)N[C@@H](COC(=O)C1CCCN1C(C)=O)C(=O)OC. The second-order valence-corrected chi connectivity index (χ2v) is 9.75. The summed E-state index contributed by atoms with van der Waals surface area (Å²) in [5.41, 5.74) is 0.0906. The maximum atomic E-state index is 13.8. The van der Waals surface area contributed by atoms with Gasteiger partial charge in [-0.25, -0.2) is 18.4 Å². The standard InChI is InChI=1S/C28H37F2N3O7/c1-5-7-17(2)9-10-25(35)31-22(14-19-12-20(29)15-21(30)13-19)26(36)32-23(27(37)39-4)16-40-28(38)24-8-6-11-33(24)18(3)34/h9-10,12-13,15,17,22-24H,5-8,11,14,16H2,1-4H3,(H,31,35)(H,32,36)/b10-9+/t17?,22-,23-,24?/m0/s1. The molecule has 0 saturated carbocycles. The summed E-state index contributed by atoms with van der Waals surface area (Å²) in [6.07, 6.45) is 5.43. The molecule has 2 unspecified atom stereocenters. The van der Waals surface area contributed by atoms with Crippen LogP contribution in [0.1, 0.15) is 52.0 Å². The Labute approximate surface area is 232 Å². The summed E-state index contributed by atoms with van der Waals surface area (Å²) in [6.45, 7) is 5.08. The number of amides is 3. The molecular formula is C28H37F2N3O7. The molecule has 2 N–H and O–H groups in total. The molecule has 0 spiro atoms. The molecule has 220 valence electrons. The van der Waals surface area contributed by atoms with Crippen LogP contribution in [-0.4, -0.2) is 72.9 Å². The lowest BCUT2D eigenvalue weighted by molar-refractivity contribution is -0.157. The van der Waals surface area contributed by atoms with Crippen molar-refractivity contribution in [2.75, 3.05) is 20.3 Å². The lowest BCUT2D eigenvalue weighted by Crippen LogP contribution is -2.54. The molecule has 3 amide bonds. The number of rotatable bonds is 13. The van der Waals surface area contributed by atoms with E-state index in [2.05, 4.69) is 10.6 Å². The van der Waals surface area contributed by atoms with Gasteiger partial charge in [0.2, 0.25) is 17.7 Å². The molecule has 1 aromatic carbocycles. The van der Waals surface area contributed by atoms with E-state index in [0.29, 0.717) is 25.5 Å². The second-order valence-electron chi connectivity index (χ2n) is 9.75. The van der Waals surface area contributed by atoms with Gasteiger partial charge < -0.3 is 25.0 Å². The van der Waals surface area contributed by atoms with E-state index in [1.165, 1.54) is 17.9 Å². The molecule has 1 aliphatic heterocycles. The van der Waals surface area contributed by atoms with E-state index in [9.17, 15) is 32.8 Å². The zero-order valence-electron chi connectivity index (χ0n) is 23.2. The third-order valence-corrected chi connectivity index (χ3v) is 6.44. The molecule has 1 saturated heterocycles. The summed E-state index contributed by atoms with van der Waals surface area (Å²) >= 11 is 0. The van der Waals surface area contributed by atoms with Crippen LogP contribution >= 0.6 is 0 Å². The molecule has 40 heavy (non-hydrogen) atoms. The fraction of sp³-hybridized carbons (Fsp3) is 0.536. The van der Waals surface area contributed by atoms with E-state index in [0.717, 1.165) is 32.1 Å². The number of carbonyl (C=O) groups excluding carboxylic acids is 5. The van der Waals surface area contributed by atoms with Crippen molar-refractivity contribution in [3.05, 3.63) is 47.5 Å². The Morgan fingerprint density at radius 2 is 1.77 bits per heavy atom. The fourth-order valence-electron chi connectivity index (χ4n) is 4.43. The van der Waals surface area contributed by atoms with E-state index in [-0.39, 0.29) is 23.8 Å². The number of allylic oxidation sites excluding steroid dienone is 1. The summed E-state index contributed by atoms with van der Waals surface area (Å²) in [5, 5.41) is 4.90. The van der Waals surface area contributed by atoms with Gasteiger partial charge in [-0.3, -0.25) is 14.4 Å². The second kappa shape index (κ2) is 15.7. The zero-order chi connectivity index (χ0) is 29.8. The van der Waals surface area contributed by atoms with Crippen LogP contribution in [0.5, 0.6) is 0 Å². The molecule has 4 atom stereocenters. The largest absolute Gasteiger partial charge is 0.467 e. The van der Waals surface area contributed by atoms with Crippen molar-refractivity contribution in [2.24, 2.45) is 5.92 Å². The van der Waals surface area contributed by atoms with E-state index in [4.69, 9.17) is 9.47 Å². The van der Waals surface area contributed by atoms with Crippen LogP contribution in [0.4, 0.5) is 8.78 Å². The van der Waals surface area contributed by atoms with E-state index in [1.54, 1.807) is 6.08 Å². The van der Waals surface area contributed by atoms with Crippen molar-refractivity contribution in [2.45, 2.75) is 71.0 Å². The lowest BCUT2D eigenvalue weighted by Gasteiger charge is -2.24. The minimum atomic E-state index is -1.45. The zero-order valence-corrected chi connectivity index (χ0v) is 23.2. The van der Waals surface area contributed by atoms with Crippen molar-refractivity contribution >= 4 is 29.7 Å². The normalized spacial score (nSPS) is 17.1. The summed E-state index contributed by atoms with van der Waals surface area (Å²) in [7, 11) is 1.08. The molecular weight excluding hydrogens is 528 g/mol. The van der Waals surface area contributed by atoms with Crippen LogP contribution in [0.15, 0.2) is 30.4 Å². The Bertz CT molecular complexity index is 1090. The smallest absolute Gasteiger partial charge is 0.331 e. The van der Waals surface area contributed by atoms with Crippen molar-refractivity contribution in [3.8, 4) is 0 Å². The topological polar surface area (TPSA) is 131 Å². The highest BCUT2D eigenvalue weighted by Gasteiger charge is 2.35. The van der Waals surface area contributed by atoms with Crippen LogP contribution in [0.25, 0.3) is 0 Å². The number of likely N-dealkylation sites (tertiary alicyclic amines) is 1. The number of hydrogen-bond donors (Lipinski definition) is 2. The summed E-state index contributed by atoms with van der Waals surface area (Å²) in [5.74, 6) is -5.05. The minimum absolute atomic E-state index is 0.0906. The van der Waals surface area contributed by atoms with Crippen LogP contribution in [0.3, 0.4) is 0 Å². The van der Waals surface area contributed by atoms with Crippen LogP contribution in [-0.2, 0) is 39.9 Å². The molecule has 12 heteroatoms. The van der Waals surface area contributed by atoms with Crippen molar-refractivity contribution in [1.82, 2.24) is 15.5 Å². The maximum absolute atomic E-state index is 13.8. The highest BCUT2D eigenvalue weighted by Crippen LogP contribution is 2.19. The predicted molar refractivity (Wildman–Crippen MR) is 141 cm³/mol. The van der Waals surface area contributed by atoms with Gasteiger partial charge in [0.15, 0.2) is 6.04 Å². The molecule has 1 fully saturated rings. The number of nitrogens with one attached hydrogen (secondary N) is 2. The van der Waals surface area contributed by atoms with Gasteiger partial charge in [0.25, 0.3) is 0 Å². The maximum Gasteiger partial charge on any atom is 0.331 e. The number of benzene rings is 1. The Hall–Kier alpha value is -3.83. The van der Waals surface area contributed by atoms with Crippen molar-refractivity contribution < 1.29 is 42.2 Å². The summed E-state index contributed by atoms with van der Waals surface area (Å²) in [4.78, 5) is 64.0. The number of ether oxygens (including phenoxy) is 2. The first kappa shape index (κ1) is 32.4. The summed E-state index contributed by atoms with van der Waals surface area (Å²) in [6, 6.07) is -0.868. The molecule has 10 nitrogen and oxygen atoms in total. The van der Waals surface area contributed by atoms with Gasteiger partial charge in [-0.1, -0.05) is 26.3 Å². The van der Waals surface area contributed by atoms with Gasteiger partial charge in [0, 0.05) is 26.0 Å². The van der Waals surface area contributed by atoms with Gasteiger partial charge in [-0.15, -0.1) is 0 Å². The third-order valence-electron chi connectivity index (χ3n) is 6.44. The molecule has 2 rings (SSSR count). The quantitative estimate of drug-likeness (QED) is 0.277. The average Bonchev–Trinajstić information content (AvgIpc) is 3.39. The molecule has 0 radical (unpaired) electrons. The predicted octanol–water partition coefficient (Wildman–Crippen LogP) is 2.20.